The van der Waals surface area contributed by atoms with Gasteiger partial charge >= 0.3 is 5.97 Å². The molecule has 0 aliphatic heterocycles. The molecule has 4 heteroatoms. The van der Waals surface area contributed by atoms with Gasteiger partial charge in [-0.3, -0.25) is 4.79 Å². The van der Waals surface area contributed by atoms with Crippen LogP contribution in [-0.2, 0) is 9.53 Å². The predicted octanol–water partition coefficient (Wildman–Crippen LogP) is 5.43. The van der Waals surface area contributed by atoms with Gasteiger partial charge < -0.3 is 15.2 Å². The van der Waals surface area contributed by atoms with Gasteiger partial charge in [0.1, 0.15) is 6.61 Å². The normalized spacial score (nSPS) is 12.5. The summed E-state index contributed by atoms with van der Waals surface area (Å²) in [5.74, 6) is 0.0763. The van der Waals surface area contributed by atoms with Crippen molar-refractivity contribution >= 4 is 5.97 Å². The highest BCUT2D eigenvalue weighted by Crippen LogP contribution is 2.44. The van der Waals surface area contributed by atoms with E-state index in [1.807, 2.05) is 0 Å². The number of carbonyl (C=O) groups is 1. The Balaban J connectivity index is 1.26. The van der Waals surface area contributed by atoms with Crippen LogP contribution in [0, 0.1) is 0 Å². The zero-order valence-electron chi connectivity index (χ0n) is 18.7. The third-order valence-electron chi connectivity index (χ3n) is 6.15. The second kappa shape index (κ2) is 13.3. The zero-order chi connectivity index (χ0) is 21.7. The maximum atomic E-state index is 12.3. The van der Waals surface area contributed by atoms with E-state index in [9.17, 15) is 4.79 Å². The molecule has 0 fully saturated rings. The van der Waals surface area contributed by atoms with E-state index in [0.717, 1.165) is 19.4 Å². The Hall–Kier alpha value is -2.17. The zero-order valence-corrected chi connectivity index (χ0v) is 18.7. The first-order valence-electron chi connectivity index (χ1n) is 12.0. The number of unbranched alkanes of at least 4 members (excludes halogenated alkanes) is 7. The molecule has 0 saturated carbocycles. The van der Waals surface area contributed by atoms with Crippen molar-refractivity contribution in [3.05, 3.63) is 59.7 Å². The summed E-state index contributed by atoms with van der Waals surface area (Å²) in [5, 5.41) is 11.9. The van der Waals surface area contributed by atoms with Crippen LogP contribution in [0.25, 0.3) is 11.1 Å². The van der Waals surface area contributed by atoms with Crippen LogP contribution in [0.15, 0.2) is 48.5 Å². The molecule has 0 amide bonds. The molecular formula is C27H37NO3. The second-order valence-electron chi connectivity index (χ2n) is 8.46. The summed E-state index contributed by atoms with van der Waals surface area (Å²) in [5.41, 5.74) is 5.06. The molecule has 1 aliphatic rings. The molecular weight excluding hydrogens is 386 g/mol. The summed E-state index contributed by atoms with van der Waals surface area (Å²) in [7, 11) is 0. The minimum absolute atomic E-state index is 0.0720. The number of aliphatic hydroxyl groups excluding tert-OH is 1. The van der Waals surface area contributed by atoms with Crippen molar-refractivity contribution < 1.29 is 14.6 Å². The first-order valence-corrected chi connectivity index (χ1v) is 12.0. The number of ether oxygens (including phenoxy) is 1. The highest BCUT2D eigenvalue weighted by atomic mass is 16.5. The highest BCUT2D eigenvalue weighted by molar-refractivity contribution is 5.79. The molecule has 31 heavy (non-hydrogen) atoms. The van der Waals surface area contributed by atoms with Gasteiger partial charge in [-0.05, 0) is 41.6 Å². The maximum absolute atomic E-state index is 12.3. The standard InChI is InChI=1S/C27H37NO3/c29-20-19-28-18-12-6-4-2-1-3-5-7-17-27(30)31-21-26-24-15-10-8-13-22(24)23-14-9-11-16-25(23)26/h8-11,13-16,26,28-29H,1-7,12,17-21H2. The van der Waals surface area contributed by atoms with E-state index >= 15 is 0 Å². The molecule has 0 atom stereocenters. The van der Waals surface area contributed by atoms with E-state index in [0.29, 0.717) is 19.6 Å². The van der Waals surface area contributed by atoms with Crippen LogP contribution in [-0.4, -0.2) is 37.4 Å². The third-order valence-corrected chi connectivity index (χ3v) is 6.15. The van der Waals surface area contributed by atoms with Gasteiger partial charge in [0.2, 0.25) is 0 Å². The molecule has 4 nitrogen and oxygen atoms in total. The Morgan fingerprint density at radius 3 is 1.94 bits per heavy atom. The highest BCUT2D eigenvalue weighted by Gasteiger charge is 2.28. The smallest absolute Gasteiger partial charge is 0.305 e. The summed E-state index contributed by atoms with van der Waals surface area (Å²) in [4.78, 5) is 12.3. The SMILES string of the molecule is O=C(CCCCCCCCCCNCCO)OCC1c2ccccc2-c2ccccc21. The fraction of sp³-hybridized carbons (Fsp3) is 0.519. The van der Waals surface area contributed by atoms with E-state index < -0.39 is 0 Å². The molecule has 0 saturated heterocycles. The van der Waals surface area contributed by atoms with Gasteiger partial charge in [0, 0.05) is 18.9 Å². The number of fused-ring (bicyclic) bond motifs is 3. The number of benzene rings is 2. The number of esters is 1. The quantitative estimate of drug-likeness (QED) is 0.296. The van der Waals surface area contributed by atoms with E-state index in [4.69, 9.17) is 9.84 Å². The Kier molecular flexibility index (Phi) is 10.1. The Morgan fingerprint density at radius 2 is 1.32 bits per heavy atom. The monoisotopic (exact) mass is 423 g/mol. The first kappa shape index (κ1) is 23.5. The van der Waals surface area contributed by atoms with Crippen LogP contribution in [0.1, 0.15) is 74.8 Å². The van der Waals surface area contributed by atoms with Gasteiger partial charge in [-0.15, -0.1) is 0 Å². The lowest BCUT2D eigenvalue weighted by Crippen LogP contribution is -2.19. The molecule has 0 bridgehead atoms. The molecule has 2 N–H and O–H groups in total. The van der Waals surface area contributed by atoms with Crippen molar-refractivity contribution in [1.82, 2.24) is 5.32 Å². The molecule has 0 spiro atoms. The molecule has 0 aromatic heterocycles. The van der Waals surface area contributed by atoms with Crippen LogP contribution in [0.3, 0.4) is 0 Å². The van der Waals surface area contributed by atoms with Crippen molar-refractivity contribution in [3.8, 4) is 11.1 Å². The summed E-state index contributed by atoms with van der Waals surface area (Å²) in [6.45, 7) is 2.35. The van der Waals surface area contributed by atoms with Crippen LogP contribution < -0.4 is 5.32 Å². The van der Waals surface area contributed by atoms with Crippen molar-refractivity contribution in [2.45, 2.75) is 63.7 Å². The lowest BCUT2D eigenvalue weighted by Gasteiger charge is -2.14. The van der Waals surface area contributed by atoms with E-state index in [2.05, 4.69) is 53.8 Å². The number of hydrogen-bond acceptors (Lipinski definition) is 4. The minimum Gasteiger partial charge on any atom is -0.465 e. The van der Waals surface area contributed by atoms with Crippen molar-refractivity contribution in [2.24, 2.45) is 0 Å². The molecule has 168 valence electrons. The summed E-state index contributed by atoms with van der Waals surface area (Å²) in [6, 6.07) is 16.9. The van der Waals surface area contributed by atoms with Crippen LogP contribution in [0.4, 0.5) is 0 Å². The van der Waals surface area contributed by atoms with E-state index in [1.165, 1.54) is 60.8 Å². The summed E-state index contributed by atoms with van der Waals surface area (Å²) >= 11 is 0. The van der Waals surface area contributed by atoms with Crippen LogP contribution >= 0.6 is 0 Å². The maximum Gasteiger partial charge on any atom is 0.305 e. The Morgan fingerprint density at radius 1 is 0.774 bits per heavy atom. The molecule has 0 radical (unpaired) electrons. The average molecular weight is 424 g/mol. The first-order chi connectivity index (χ1) is 15.3. The van der Waals surface area contributed by atoms with E-state index in [1.54, 1.807) is 0 Å². The topological polar surface area (TPSA) is 58.6 Å². The molecule has 3 rings (SSSR count). The number of hydrogen-bond donors (Lipinski definition) is 2. The lowest BCUT2D eigenvalue weighted by atomic mass is 9.98. The van der Waals surface area contributed by atoms with Crippen LogP contribution in [0.5, 0.6) is 0 Å². The Labute approximate surface area is 187 Å². The van der Waals surface area contributed by atoms with Crippen LogP contribution in [0.2, 0.25) is 0 Å². The largest absolute Gasteiger partial charge is 0.465 e. The van der Waals surface area contributed by atoms with Crippen molar-refractivity contribution in [1.29, 1.82) is 0 Å². The molecule has 0 heterocycles. The fourth-order valence-corrected chi connectivity index (χ4v) is 4.47. The van der Waals surface area contributed by atoms with Gasteiger partial charge in [-0.1, -0.05) is 87.1 Å². The van der Waals surface area contributed by atoms with Gasteiger partial charge in [-0.25, -0.2) is 0 Å². The molecule has 0 unspecified atom stereocenters. The molecule has 1 aliphatic carbocycles. The van der Waals surface area contributed by atoms with E-state index in [-0.39, 0.29) is 18.5 Å². The second-order valence-corrected chi connectivity index (χ2v) is 8.46. The molecule has 2 aromatic rings. The van der Waals surface area contributed by atoms with Gasteiger partial charge in [0.15, 0.2) is 0 Å². The van der Waals surface area contributed by atoms with Gasteiger partial charge in [0.25, 0.3) is 0 Å². The Bertz CT molecular complexity index is 759. The number of nitrogens with one attached hydrogen (secondary N) is 1. The summed E-state index contributed by atoms with van der Waals surface area (Å²) in [6.07, 6.45) is 9.95. The lowest BCUT2D eigenvalue weighted by molar-refractivity contribution is -0.144. The number of carbonyl (C=O) groups excluding carboxylic acids is 1. The number of aliphatic hydroxyl groups is 1. The minimum atomic E-state index is -0.0720. The van der Waals surface area contributed by atoms with Gasteiger partial charge in [0.05, 0.1) is 6.61 Å². The van der Waals surface area contributed by atoms with Gasteiger partial charge in [-0.2, -0.15) is 0 Å². The van der Waals surface area contributed by atoms with Crippen molar-refractivity contribution in [2.75, 3.05) is 26.3 Å². The third kappa shape index (κ3) is 7.19. The van der Waals surface area contributed by atoms with Crippen molar-refractivity contribution in [3.63, 3.8) is 0 Å². The summed E-state index contributed by atoms with van der Waals surface area (Å²) < 4.78 is 5.68. The average Bonchev–Trinajstić information content (AvgIpc) is 3.12. The number of rotatable bonds is 15. The molecule has 2 aromatic carbocycles. The predicted molar refractivity (Wildman–Crippen MR) is 126 cm³/mol. The fourth-order valence-electron chi connectivity index (χ4n) is 4.47.